The van der Waals surface area contributed by atoms with E-state index in [0.29, 0.717) is 37.2 Å². The fraction of sp³-hybridized carbons (Fsp3) is 0.650. The minimum atomic E-state index is -0.427. The minimum Gasteiger partial charge on any atom is -0.504 e. The van der Waals surface area contributed by atoms with Crippen LogP contribution in [0.25, 0.3) is 22.8 Å². The summed E-state index contributed by atoms with van der Waals surface area (Å²) in [5.74, 6) is 1.80. The van der Waals surface area contributed by atoms with Gasteiger partial charge in [-0.1, -0.05) is 153 Å². The van der Waals surface area contributed by atoms with E-state index in [1.54, 1.807) is 36.9 Å². The first-order valence-corrected chi connectivity index (χ1v) is 18.8. The van der Waals surface area contributed by atoms with Crippen molar-refractivity contribution in [3.05, 3.63) is 55.1 Å². The van der Waals surface area contributed by atoms with E-state index in [0.717, 1.165) is 24.0 Å². The Kier molecular flexibility index (Phi) is 25.0. The molecule has 270 valence electrons. The first kappa shape index (κ1) is 42.0. The van der Waals surface area contributed by atoms with Crippen molar-refractivity contribution in [3.63, 3.8) is 0 Å². The zero-order valence-corrected chi connectivity index (χ0v) is 32.1. The van der Waals surface area contributed by atoms with Gasteiger partial charge in [0.25, 0.3) is 0 Å². The van der Waals surface area contributed by atoms with Gasteiger partial charge in [-0.3, -0.25) is 19.9 Å². The summed E-state index contributed by atoms with van der Waals surface area (Å²) >= 11 is 0. The molecule has 2 aromatic heterocycles. The first-order chi connectivity index (χ1) is 23.3. The number of unbranched alkanes of at least 4 members (excludes halogenated alkanes) is 18. The third-order valence-corrected chi connectivity index (χ3v) is 8.45. The van der Waals surface area contributed by atoms with E-state index in [-0.39, 0.29) is 21.1 Å². The van der Waals surface area contributed by atoms with E-state index < -0.39 is 6.29 Å². The molecule has 0 aliphatic heterocycles. The predicted molar refractivity (Wildman–Crippen MR) is 192 cm³/mol. The molecule has 3 rings (SSSR count). The van der Waals surface area contributed by atoms with Gasteiger partial charge in [-0.15, -0.1) is 6.07 Å². The molecule has 0 unspecified atom stereocenters. The van der Waals surface area contributed by atoms with Gasteiger partial charge in [-0.05, 0) is 25.0 Å². The van der Waals surface area contributed by atoms with Crippen LogP contribution in [0.4, 0.5) is 0 Å². The second-order valence-corrected chi connectivity index (χ2v) is 12.6. The molecule has 0 aliphatic carbocycles. The van der Waals surface area contributed by atoms with E-state index in [1.165, 1.54) is 116 Å². The van der Waals surface area contributed by atoms with Gasteiger partial charge < -0.3 is 14.2 Å². The maximum Gasteiger partial charge on any atom is 0.191 e. The van der Waals surface area contributed by atoms with Gasteiger partial charge in [0.2, 0.25) is 0 Å². The Morgan fingerprint density at radius 3 is 1.25 bits per heavy atom. The molecule has 8 heteroatoms. The number of rotatable bonds is 29. The van der Waals surface area contributed by atoms with Crippen molar-refractivity contribution in [2.45, 2.75) is 149 Å². The van der Waals surface area contributed by atoms with Crippen molar-refractivity contribution in [1.29, 1.82) is 0 Å². The monoisotopic (exact) mass is 840 g/mol. The number of nitrogens with zero attached hydrogens (tertiary/aromatic N) is 4. The number of hydrogen-bond acceptors (Lipinski definition) is 7. The van der Waals surface area contributed by atoms with Gasteiger partial charge in [0, 0.05) is 59.1 Å². The van der Waals surface area contributed by atoms with Crippen LogP contribution in [0.5, 0.6) is 5.75 Å². The second-order valence-electron chi connectivity index (χ2n) is 12.6. The van der Waals surface area contributed by atoms with Gasteiger partial charge in [0.15, 0.2) is 6.29 Å². The van der Waals surface area contributed by atoms with E-state index in [1.807, 2.05) is 12.1 Å². The number of hydrogen-bond donors (Lipinski definition) is 0. The summed E-state index contributed by atoms with van der Waals surface area (Å²) in [5, 5.41) is 0. The van der Waals surface area contributed by atoms with Crippen molar-refractivity contribution >= 4 is 0 Å². The van der Waals surface area contributed by atoms with Gasteiger partial charge in [0.05, 0.1) is 17.4 Å². The van der Waals surface area contributed by atoms with Gasteiger partial charge in [-0.25, -0.2) is 0 Å². The number of ether oxygens (including phenoxy) is 3. The topological polar surface area (TPSA) is 79.3 Å². The van der Waals surface area contributed by atoms with Crippen LogP contribution >= 0.6 is 0 Å². The molecule has 0 atom stereocenters. The summed E-state index contributed by atoms with van der Waals surface area (Å²) in [6.45, 7) is 6.20. The molecule has 3 aromatic rings. The molecule has 0 saturated heterocycles. The van der Waals surface area contributed by atoms with E-state index in [2.05, 4.69) is 39.8 Å². The summed E-state index contributed by atoms with van der Waals surface area (Å²) in [6, 6.07) is 10.8. The Morgan fingerprint density at radius 1 is 0.521 bits per heavy atom. The van der Waals surface area contributed by atoms with Crippen LogP contribution in [0.2, 0.25) is 0 Å². The molecule has 0 fully saturated rings. The van der Waals surface area contributed by atoms with Crippen molar-refractivity contribution in [2.24, 2.45) is 0 Å². The van der Waals surface area contributed by atoms with Crippen LogP contribution in [0, 0.1) is 6.07 Å². The predicted octanol–water partition coefficient (Wildman–Crippen LogP) is 11.0. The van der Waals surface area contributed by atoms with Crippen molar-refractivity contribution in [2.75, 3.05) is 19.8 Å². The quantitative estimate of drug-likeness (QED) is 0.0391. The van der Waals surface area contributed by atoms with Crippen LogP contribution in [0.1, 0.15) is 142 Å². The maximum atomic E-state index is 6.31. The van der Waals surface area contributed by atoms with Gasteiger partial charge in [0.1, 0.15) is 6.61 Å². The zero-order chi connectivity index (χ0) is 33.0. The maximum absolute atomic E-state index is 6.31. The molecular formula is C40H61N4O3Pt-. The van der Waals surface area contributed by atoms with E-state index in [4.69, 9.17) is 14.2 Å². The Labute approximate surface area is 306 Å². The van der Waals surface area contributed by atoms with Crippen LogP contribution in [0.3, 0.4) is 0 Å². The van der Waals surface area contributed by atoms with E-state index in [9.17, 15) is 0 Å². The first-order valence-electron chi connectivity index (χ1n) is 18.8. The molecule has 0 N–H and O–H groups in total. The molecule has 0 aliphatic rings. The molecule has 0 saturated carbocycles. The average molecular weight is 841 g/mol. The Bertz CT molecular complexity index is 1070. The summed E-state index contributed by atoms with van der Waals surface area (Å²) in [6.07, 6.45) is 32.5. The molecule has 0 spiro atoms. The molecule has 48 heavy (non-hydrogen) atoms. The molecule has 1 aromatic carbocycles. The fourth-order valence-corrected chi connectivity index (χ4v) is 5.66. The third-order valence-electron chi connectivity index (χ3n) is 8.45. The largest absolute Gasteiger partial charge is 0.504 e. The molecule has 0 radical (unpaired) electrons. The number of aromatic nitrogens is 4. The fourth-order valence-electron chi connectivity index (χ4n) is 5.66. The summed E-state index contributed by atoms with van der Waals surface area (Å²) in [5.41, 5.74) is 1.44. The second kappa shape index (κ2) is 28.6. The molecule has 2 heterocycles. The standard InChI is InChI=1S/C40H61N4O3.Pt/c1-3-5-7-9-11-13-15-17-19-21-29-45-38(46-30-22-20-18-16-14-12-10-8-6-4-2)34-47-37-32-35(39-41-25-23-26-42-39)31-36(33-37)40-43-27-24-28-44-40;/h23-28,32-33,38H,3-22,29-30,34H2,1-2H3;/q-1;. The van der Waals surface area contributed by atoms with Crippen molar-refractivity contribution in [3.8, 4) is 28.5 Å². The summed E-state index contributed by atoms with van der Waals surface area (Å²) in [7, 11) is 0. The van der Waals surface area contributed by atoms with Crippen LogP contribution in [-0.4, -0.2) is 46.0 Å². The molecule has 0 bridgehead atoms. The molecular weight excluding hydrogens is 780 g/mol. The Morgan fingerprint density at radius 2 is 0.875 bits per heavy atom. The van der Waals surface area contributed by atoms with Crippen LogP contribution < -0.4 is 4.74 Å². The third kappa shape index (κ3) is 19.1. The number of benzene rings is 1. The van der Waals surface area contributed by atoms with Gasteiger partial charge >= 0.3 is 0 Å². The molecule has 7 nitrogen and oxygen atoms in total. The normalized spacial score (nSPS) is 11.1. The average Bonchev–Trinajstić information content (AvgIpc) is 3.12. The minimum absolute atomic E-state index is 0. The summed E-state index contributed by atoms with van der Waals surface area (Å²) < 4.78 is 18.8. The SMILES string of the molecule is CCCCCCCCCCCCOC(COc1cc(-c2ncccn2)[c-]c(-c2ncccn2)c1)OCCCCCCCCCCCC.[Pt]. The Hall–Kier alpha value is -2.21. The summed E-state index contributed by atoms with van der Waals surface area (Å²) in [4.78, 5) is 17.7. The van der Waals surface area contributed by atoms with Crippen LogP contribution in [-0.2, 0) is 30.5 Å². The molecule has 0 amide bonds. The Balaban J connectivity index is 0.00000800. The van der Waals surface area contributed by atoms with Crippen molar-refractivity contribution < 1.29 is 35.3 Å². The zero-order valence-electron chi connectivity index (χ0n) is 29.8. The van der Waals surface area contributed by atoms with Crippen molar-refractivity contribution in [1.82, 2.24) is 19.9 Å². The van der Waals surface area contributed by atoms with Crippen LogP contribution in [0.15, 0.2) is 49.1 Å². The van der Waals surface area contributed by atoms with E-state index >= 15 is 0 Å². The smallest absolute Gasteiger partial charge is 0.191 e. The van der Waals surface area contributed by atoms with Gasteiger partial charge in [-0.2, -0.15) is 0 Å².